The Kier molecular flexibility index (Phi) is 2.49. The average Bonchev–Trinajstić information content (AvgIpc) is 2.35. The molecule has 60 valence electrons. The van der Waals surface area contributed by atoms with Crippen molar-refractivity contribution in [1.29, 1.82) is 0 Å². The zero-order valence-electron chi connectivity index (χ0n) is 6.80. The van der Waals surface area contributed by atoms with Crippen LogP contribution in [0.4, 0.5) is 0 Å². The van der Waals surface area contributed by atoms with Crippen molar-refractivity contribution in [3.8, 4) is 0 Å². The summed E-state index contributed by atoms with van der Waals surface area (Å²) in [6.07, 6.45) is 2.73. The van der Waals surface area contributed by atoms with E-state index >= 15 is 0 Å². The maximum atomic E-state index is 5.85. The van der Waals surface area contributed by atoms with Gasteiger partial charge in [-0.1, -0.05) is 5.57 Å². The first-order chi connectivity index (χ1) is 5.20. The zero-order chi connectivity index (χ0) is 8.27. The number of H-pyrrole nitrogens is 1. The summed E-state index contributed by atoms with van der Waals surface area (Å²) < 4.78 is 0. The van der Waals surface area contributed by atoms with Gasteiger partial charge in [0.05, 0.1) is 0 Å². The molecule has 1 aromatic heterocycles. The molecule has 0 aliphatic heterocycles. The fourth-order valence-electron chi connectivity index (χ4n) is 1.06. The van der Waals surface area contributed by atoms with E-state index in [9.17, 15) is 0 Å². The van der Waals surface area contributed by atoms with Crippen LogP contribution in [-0.4, -0.2) is 4.98 Å². The Morgan fingerprint density at radius 1 is 1.82 bits per heavy atom. The van der Waals surface area contributed by atoms with Crippen LogP contribution in [0.5, 0.6) is 0 Å². The van der Waals surface area contributed by atoms with Crippen molar-refractivity contribution in [1.82, 2.24) is 4.98 Å². The summed E-state index contributed by atoms with van der Waals surface area (Å²) in [5.74, 6) is 0. The third-order valence-electron chi connectivity index (χ3n) is 1.59. The maximum Gasteiger partial charge on any atom is 0.0485 e. The molecule has 0 saturated heterocycles. The Bertz CT molecular complexity index is 224. The molecule has 11 heavy (non-hydrogen) atoms. The van der Waals surface area contributed by atoms with Crippen molar-refractivity contribution in [2.24, 2.45) is 5.73 Å². The van der Waals surface area contributed by atoms with Crippen LogP contribution >= 0.6 is 0 Å². The van der Waals surface area contributed by atoms with Crippen LogP contribution in [0.2, 0.25) is 0 Å². The summed E-state index contributed by atoms with van der Waals surface area (Å²) >= 11 is 0. The van der Waals surface area contributed by atoms with Gasteiger partial charge in [-0.15, -0.1) is 6.58 Å². The molecular formula is C9H14N2. The highest BCUT2D eigenvalue weighted by Gasteiger charge is 2.04. The second kappa shape index (κ2) is 3.39. The van der Waals surface area contributed by atoms with Crippen LogP contribution in [-0.2, 0) is 0 Å². The Morgan fingerprint density at radius 2 is 2.55 bits per heavy atom. The summed E-state index contributed by atoms with van der Waals surface area (Å²) in [5, 5.41) is 0. The molecular weight excluding hydrogens is 136 g/mol. The molecule has 1 heterocycles. The number of nitrogens with one attached hydrogen (secondary N) is 1. The largest absolute Gasteiger partial charge is 0.364 e. The van der Waals surface area contributed by atoms with E-state index < -0.39 is 0 Å². The second-order valence-electron chi connectivity index (χ2n) is 2.89. The summed E-state index contributed by atoms with van der Waals surface area (Å²) in [4.78, 5) is 3.08. The molecule has 0 saturated carbocycles. The number of hydrogen-bond donors (Lipinski definition) is 2. The molecule has 2 heteroatoms. The van der Waals surface area contributed by atoms with Gasteiger partial charge in [0.1, 0.15) is 0 Å². The van der Waals surface area contributed by atoms with Crippen molar-refractivity contribution in [2.45, 2.75) is 19.4 Å². The third kappa shape index (κ3) is 2.24. The van der Waals surface area contributed by atoms with E-state index in [0.717, 1.165) is 17.7 Å². The Labute approximate surface area is 67.1 Å². The lowest BCUT2D eigenvalue weighted by atomic mass is 10.1. The van der Waals surface area contributed by atoms with Crippen molar-refractivity contribution < 1.29 is 0 Å². The molecule has 0 unspecified atom stereocenters. The van der Waals surface area contributed by atoms with E-state index in [0.29, 0.717) is 0 Å². The van der Waals surface area contributed by atoms with Crippen LogP contribution in [0, 0.1) is 0 Å². The molecule has 0 radical (unpaired) electrons. The minimum atomic E-state index is 0.0718. The molecule has 1 rings (SSSR count). The van der Waals surface area contributed by atoms with Gasteiger partial charge in [0.25, 0.3) is 0 Å². The van der Waals surface area contributed by atoms with Gasteiger partial charge in [0.15, 0.2) is 0 Å². The molecule has 0 spiro atoms. The number of nitrogens with two attached hydrogens (primary N) is 1. The van der Waals surface area contributed by atoms with E-state index in [-0.39, 0.29) is 6.04 Å². The van der Waals surface area contributed by atoms with E-state index in [1.807, 2.05) is 25.3 Å². The molecule has 2 nitrogen and oxygen atoms in total. The minimum Gasteiger partial charge on any atom is -0.364 e. The number of rotatable bonds is 3. The maximum absolute atomic E-state index is 5.85. The fourth-order valence-corrected chi connectivity index (χ4v) is 1.06. The summed E-state index contributed by atoms with van der Waals surface area (Å²) in [6.45, 7) is 5.80. The first-order valence-corrected chi connectivity index (χ1v) is 3.73. The standard InChI is InChI=1S/C9H14N2/c1-7(2)6-8(10)9-4-3-5-11-9/h3-5,8,11H,1,6,10H2,2H3/t8-/m0/s1. The van der Waals surface area contributed by atoms with Gasteiger partial charge in [-0.3, -0.25) is 0 Å². The first-order valence-electron chi connectivity index (χ1n) is 3.73. The molecule has 0 aromatic carbocycles. The van der Waals surface area contributed by atoms with Crippen molar-refractivity contribution in [3.63, 3.8) is 0 Å². The normalized spacial score (nSPS) is 12.9. The summed E-state index contributed by atoms with van der Waals surface area (Å²) in [6, 6.07) is 4.02. The third-order valence-corrected chi connectivity index (χ3v) is 1.59. The topological polar surface area (TPSA) is 41.8 Å². The molecule has 0 bridgehead atoms. The highest BCUT2D eigenvalue weighted by Crippen LogP contribution is 2.14. The summed E-state index contributed by atoms with van der Waals surface area (Å²) in [5.41, 5.74) is 8.04. The smallest absolute Gasteiger partial charge is 0.0485 e. The van der Waals surface area contributed by atoms with Crippen LogP contribution < -0.4 is 5.73 Å². The van der Waals surface area contributed by atoms with Crippen molar-refractivity contribution in [2.75, 3.05) is 0 Å². The SMILES string of the molecule is C=C(C)C[C@H](N)c1ccc[nH]1. The highest BCUT2D eigenvalue weighted by molar-refractivity contribution is 5.11. The molecule has 1 aromatic rings. The van der Waals surface area contributed by atoms with Gasteiger partial charge in [-0.25, -0.2) is 0 Å². The van der Waals surface area contributed by atoms with Crippen LogP contribution in [0.15, 0.2) is 30.5 Å². The lowest BCUT2D eigenvalue weighted by Crippen LogP contribution is -2.10. The van der Waals surface area contributed by atoms with Crippen LogP contribution in [0.25, 0.3) is 0 Å². The molecule has 0 aliphatic carbocycles. The van der Waals surface area contributed by atoms with E-state index in [4.69, 9.17) is 5.73 Å². The van der Waals surface area contributed by atoms with Gasteiger partial charge in [-0.05, 0) is 25.5 Å². The predicted octanol–water partition coefficient (Wildman–Crippen LogP) is 1.98. The highest BCUT2D eigenvalue weighted by atomic mass is 14.8. The molecule has 0 amide bonds. The van der Waals surface area contributed by atoms with Crippen LogP contribution in [0.1, 0.15) is 25.1 Å². The van der Waals surface area contributed by atoms with E-state index in [1.54, 1.807) is 0 Å². The van der Waals surface area contributed by atoms with Gasteiger partial charge in [0, 0.05) is 17.9 Å². The quantitative estimate of drug-likeness (QED) is 0.635. The molecule has 0 aliphatic rings. The number of hydrogen-bond acceptors (Lipinski definition) is 1. The van der Waals surface area contributed by atoms with Gasteiger partial charge < -0.3 is 10.7 Å². The Balaban J connectivity index is 2.56. The monoisotopic (exact) mass is 150 g/mol. The Hall–Kier alpha value is -1.02. The lowest BCUT2D eigenvalue weighted by molar-refractivity contribution is 0.697. The zero-order valence-corrected chi connectivity index (χ0v) is 6.80. The molecule has 0 fully saturated rings. The van der Waals surface area contributed by atoms with Crippen molar-refractivity contribution in [3.05, 3.63) is 36.2 Å². The number of aromatic amines is 1. The molecule has 3 N–H and O–H groups in total. The Morgan fingerprint density at radius 3 is 3.00 bits per heavy atom. The van der Waals surface area contributed by atoms with E-state index in [2.05, 4.69) is 11.6 Å². The van der Waals surface area contributed by atoms with Crippen LogP contribution in [0.3, 0.4) is 0 Å². The predicted molar refractivity (Wildman–Crippen MR) is 47.2 cm³/mol. The van der Waals surface area contributed by atoms with E-state index in [1.165, 1.54) is 0 Å². The number of aromatic nitrogens is 1. The first kappa shape index (κ1) is 8.08. The minimum absolute atomic E-state index is 0.0718. The molecule has 1 atom stereocenters. The van der Waals surface area contributed by atoms with Gasteiger partial charge >= 0.3 is 0 Å². The lowest BCUT2D eigenvalue weighted by Gasteiger charge is -2.08. The average molecular weight is 150 g/mol. The summed E-state index contributed by atoms with van der Waals surface area (Å²) in [7, 11) is 0. The fraction of sp³-hybridized carbons (Fsp3) is 0.333. The second-order valence-corrected chi connectivity index (χ2v) is 2.89. The van der Waals surface area contributed by atoms with Gasteiger partial charge in [0.2, 0.25) is 0 Å². The van der Waals surface area contributed by atoms with Gasteiger partial charge in [-0.2, -0.15) is 0 Å². The van der Waals surface area contributed by atoms with Crippen molar-refractivity contribution >= 4 is 0 Å².